The zero-order valence-corrected chi connectivity index (χ0v) is 9.67. The van der Waals surface area contributed by atoms with Gasteiger partial charge in [-0.3, -0.25) is 0 Å². The van der Waals surface area contributed by atoms with E-state index in [0.29, 0.717) is 5.69 Å². The van der Waals surface area contributed by atoms with E-state index in [-0.39, 0.29) is 0 Å². The molecule has 0 spiro atoms. The van der Waals surface area contributed by atoms with Crippen LogP contribution in [0.25, 0.3) is 0 Å². The third-order valence-corrected chi connectivity index (χ3v) is 2.57. The van der Waals surface area contributed by atoms with Crippen LogP contribution in [0.3, 0.4) is 0 Å². The van der Waals surface area contributed by atoms with Gasteiger partial charge in [-0.25, -0.2) is 4.98 Å². The molecule has 0 radical (unpaired) electrons. The standard InChI is InChI=1S/C14H13N3/c1-17(11-12-5-3-2-4-6-12)14-8-7-13(9-15)16-10-14/h2-8,10H,11H2,1H3. The van der Waals surface area contributed by atoms with Gasteiger partial charge in [0.05, 0.1) is 11.9 Å². The van der Waals surface area contributed by atoms with E-state index in [4.69, 9.17) is 5.26 Å². The topological polar surface area (TPSA) is 39.9 Å². The van der Waals surface area contributed by atoms with Gasteiger partial charge in [-0.05, 0) is 17.7 Å². The Morgan fingerprint density at radius 2 is 1.94 bits per heavy atom. The Morgan fingerprint density at radius 1 is 1.18 bits per heavy atom. The number of hydrogen-bond acceptors (Lipinski definition) is 3. The van der Waals surface area contributed by atoms with Gasteiger partial charge >= 0.3 is 0 Å². The first-order valence-electron chi connectivity index (χ1n) is 5.41. The molecule has 3 heteroatoms. The van der Waals surface area contributed by atoms with Gasteiger partial charge in [0.2, 0.25) is 0 Å². The Hall–Kier alpha value is -2.34. The largest absolute Gasteiger partial charge is 0.369 e. The summed E-state index contributed by atoms with van der Waals surface area (Å²) in [6, 6.07) is 15.9. The van der Waals surface area contributed by atoms with Crippen LogP contribution < -0.4 is 4.90 Å². The van der Waals surface area contributed by atoms with Crippen LogP contribution in [0.5, 0.6) is 0 Å². The van der Waals surface area contributed by atoms with Crippen LogP contribution in [0.15, 0.2) is 48.7 Å². The maximum Gasteiger partial charge on any atom is 0.140 e. The zero-order valence-electron chi connectivity index (χ0n) is 9.67. The zero-order chi connectivity index (χ0) is 12.1. The number of anilines is 1. The van der Waals surface area contributed by atoms with E-state index in [2.05, 4.69) is 22.0 Å². The SMILES string of the molecule is CN(Cc1ccccc1)c1ccc(C#N)nc1. The van der Waals surface area contributed by atoms with Crippen molar-refractivity contribution < 1.29 is 0 Å². The fourth-order valence-corrected chi connectivity index (χ4v) is 1.63. The summed E-state index contributed by atoms with van der Waals surface area (Å²) in [7, 11) is 2.01. The molecule has 1 aromatic carbocycles. The Balaban J connectivity index is 2.10. The van der Waals surface area contributed by atoms with Gasteiger partial charge in [0.25, 0.3) is 0 Å². The molecular formula is C14H13N3. The second kappa shape index (κ2) is 5.13. The van der Waals surface area contributed by atoms with Crippen molar-refractivity contribution >= 4 is 5.69 Å². The first-order chi connectivity index (χ1) is 8.29. The van der Waals surface area contributed by atoms with E-state index in [1.54, 1.807) is 12.3 Å². The van der Waals surface area contributed by atoms with E-state index in [1.807, 2.05) is 37.4 Å². The monoisotopic (exact) mass is 223 g/mol. The van der Waals surface area contributed by atoms with Gasteiger partial charge < -0.3 is 4.90 Å². The molecule has 0 saturated heterocycles. The van der Waals surface area contributed by atoms with Crippen molar-refractivity contribution in [3.05, 3.63) is 59.9 Å². The highest BCUT2D eigenvalue weighted by Gasteiger charge is 2.02. The quantitative estimate of drug-likeness (QED) is 0.803. The molecule has 1 heterocycles. The number of benzene rings is 1. The number of aromatic nitrogens is 1. The van der Waals surface area contributed by atoms with Crippen LogP contribution in [0.2, 0.25) is 0 Å². The molecule has 0 fully saturated rings. The minimum absolute atomic E-state index is 0.446. The minimum Gasteiger partial charge on any atom is -0.369 e. The van der Waals surface area contributed by atoms with Crippen molar-refractivity contribution in [3.8, 4) is 6.07 Å². The van der Waals surface area contributed by atoms with Crippen LogP contribution in [-0.2, 0) is 6.54 Å². The van der Waals surface area contributed by atoms with Crippen molar-refractivity contribution in [3.63, 3.8) is 0 Å². The molecule has 2 aromatic rings. The third-order valence-electron chi connectivity index (χ3n) is 2.57. The fourth-order valence-electron chi connectivity index (χ4n) is 1.63. The summed E-state index contributed by atoms with van der Waals surface area (Å²) in [6.45, 7) is 0.828. The molecule has 0 saturated carbocycles. The van der Waals surface area contributed by atoms with E-state index >= 15 is 0 Å². The molecule has 0 aliphatic heterocycles. The Kier molecular flexibility index (Phi) is 3.37. The summed E-state index contributed by atoms with van der Waals surface area (Å²) in [5.41, 5.74) is 2.70. The van der Waals surface area contributed by atoms with E-state index in [0.717, 1.165) is 12.2 Å². The van der Waals surface area contributed by atoms with E-state index in [9.17, 15) is 0 Å². The van der Waals surface area contributed by atoms with Gasteiger partial charge in [0.1, 0.15) is 11.8 Å². The van der Waals surface area contributed by atoms with Crippen LogP contribution in [-0.4, -0.2) is 12.0 Å². The predicted molar refractivity (Wildman–Crippen MR) is 67.5 cm³/mol. The Bertz CT molecular complexity index is 511. The van der Waals surface area contributed by atoms with Crippen molar-refractivity contribution in [1.29, 1.82) is 5.26 Å². The summed E-state index contributed by atoms with van der Waals surface area (Å²) in [5, 5.41) is 8.68. The van der Waals surface area contributed by atoms with E-state index < -0.39 is 0 Å². The number of nitriles is 1. The molecule has 3 nitrogen and oxygen atoms in total. The van der Waals surface area contributed by atoms with Crippen LogP contribution in [0, 0.1) is 11.3 Å². The lowest BCUT2D eigenvalue weighted by Gasteiger charge is -2.18. The number of pyridine rings is 1. The van der Waals surface area contributed by atoms with E-state index in [1.165, 1.54) is 5.56 Å². The smallest absolute Gasteiger partial charge is 0.140 e. The Morgan fingerprint density at radius 3 is 2.53 bits per heavy atom. The molecular weight excluding hydrogens is 210 g/mol. The summed E-state index contributed by atoms with van der Waals surface area (Å²) >= 11 is 0. The molecule has 84 valence electrons. The van der Waals surface area contributed by atoms with Crippen LogP contribution >= 0.6 is 0 Å². The minimum atomic E-state index is 0.446. The fraction of sp³-hybridized carbons (Fsp3) is 0.143. The Labute approximate surface area is 101 Å². The molecule has 17 heavy (non-hydrogen) atoms. The first kappa shape index (κ1) is 11.2. The summed E-state index contributed by atoms with van der Waals surface area (Å²) in [4.78, 5) is 6.16. The second-order valence-electron chi connectivity index (χ2n) is 3.86. The van der Waals surface area contributed by atoms with Gasteiger partial charge in [0, 0.05) is 13.6 Å². The number of rotatable bonds is 3. The summed E-state index contributed by atoms with van der Waals surface area (Å²) in [5.74, 6) is 0. The lowest BCUT2D eigenvalue weighted by molar-refractivity contribution is 0.917. The van der Waals surface area contributed by atoms with Crippen LogP contribution in [0.1, 0.15) is 11.3 Å². The molecule has 0 atom stereocenters. The van der Waals surface area contributed by atoms with Gasteiger partial charge in [-0.1, -0.05) is 30.3 Å². The lowest BCUT2D eigenvalue weighted by Crippen LogP contribution is -2.16. The molecule has 0 amide bonds. The van der Waals surface area contributed by atoms with Crippen molar-refractivity contribution in [2.75, 3.05) is 11.9 Å². The maximum absolute atomic E-state index is 8.68. The molecule has 0 unspecified atom stereocenters. The second-order valence-corrected chi connectivity index (χ2v) is 3.86. The highest BCUT2D eigenvalue weighted by atomic mass is 15.1. The average Bonchev–Trinajstić information content (AvgIpc) is 2.40. The average molecular weight is 223 g/mol. The van der Waals surface area contributed by atoms with Crippen molar-refractivity contribution in [2.45, 2.75) is 6.54 Å². The van der Waals surface area contributed by atoms with Gasteiger partial charge in [-0.15, -0.1) is 0 Å². The first-order valence-corrected chi connectivity index (χ1v) is 5.41. The molecule has 0 N–H and O–H groups in total. The highest BCUT2D eigenvalue weighted by molar-refractivity contribution is 5.45. The molecule has 0 aliphatic carbocycles. The molecule has 2 rings (SSSR count). The van der Waals surface area contributed by atoms with Crippen molar-refractivity contribution in [2.24, 2.45) is 0 Å². The third kappa shape index (κ3) is 2.82. The van der Waals surface area contributed by atoms with Gasteiger partial charge in [-0.2, -0.15) is 5.26 Å². The number of nitrogens with zero attached hydrogens (tertiary/aromatic N) is 3. The summed E-state index contributed by atoms with van der Waals surface area (Å²) in [6.07, 6.45) is 1.72. The predicted octanol–water partition coefficient (Wildman–Crippen LogP) is 2.59. The van der Waals surface area contributed by atoms with Gasteiger partial charge in [0.15, 0.2) is 0 Å². The normalized spacial score (nSPS) is 9.65. The highest BCUT2D eigenvalue weighted by Crippen LogP contribution is 2.14. The van der Waals surface area contributed by atoms with Crippen LogP contribution in [0.4, 0.5) is 5.69 Å². The molecule has 0 aliphatic rings. The molecule has 1 aromatic heterocycles. The lowest BCUT2D eigenvalue weighted by atomic mass is 10.2. The van der Waals surface area contributed by atoms with Crippen molar-refractivity contribution in [1.82, 2.24) is 4.98 Å². The maximum atomic E-state index is 8.68. The number of hydrogen-bond donors (Lipinski definition) is 0. The molecule has 0 bridgehead atoms. The summed E-state index contributed by atoms with van der Waals surface area (Å²) < 4.78 is 0.